The number of carbonyl (C=O) groups excluding carboxylic acids is 1. The Balaban J connectivity index is 2.15. The summed E-state index contributed by atoms with van der Waals surface area (Å²) < 4.78 is 10.7. The Bertz CT molecular complexity index is 594. The average Bonchev–Trinajstić information content (AvgIpc) is 2.99. The molecule has 0 bridgehead atoms. The Kier molecular flexibility index (Phi) is 4.87. The van der Waals surface area contributed by atoms with E-state index in [1.165, 1.54) is 0 Å². The van der Waals surface area contributed by atoms with Gasteiger partial charge in [-0.3, -0.25) is 4.79 Å². The third-order valence-electron chi connectivity index (χ3n) is 3.15. The molecule has 5 heteroatoms. The van der Waals surface area contributed by atoms with Crippen molar-refractivity contribution in [3.8, 4) is 5.75 Å². The van der Waals surface area contributed by atoms with Crippen molar-refractivity contribution in [2.24, 2.45) is 0 Å². The van der Waals surface area contributed by atoms with Gasteiger partial charge in [-0.25, -0.2) is 0 Å². The highest BCUT2D eigenvalue weighted by molar-refractivity contribution is 5.95. The molecule has 0 fully saturated rings. The van der Waals surface area contributed by atoms with Crippen molar-refractivity contribution in [2.75, 3.05) is 18.9 Å². The number of furan rings is 1. The summed E-state index contributed by atoms with van der Waals surface area (Å²) in [5.41, 5.74) is 6.92. The van der Waals surface area contributed by atoms with Gasteiger partial charge in [0.25, 0.3) is 5.91 Å². The fourth-order valence-electron chi connectivity index (χ4n) is 2.07. The highest BCUT2D eigenvalue weighted by Crippen LogP contribution is 2.23. The minimum Gasteiger partial charge on any atom is -0.492 e. The fourth-order valence-corrected chi connectivity index (χ4v) is 2.07. The van der Waals surface area contributed by atoms with Crippen molar-refractivity contribution in [2.45, 2.75) is 20.4 Å². The molecule has 0 radical (unpaired) electrons. The summed E-state index contributed by atoms with van der Waals surface area (Å²) in [6, 6.07) is 8.77. The molecule has 1 amide bonds. The molecule has 0 aliphatic rings. The highest BCUT2D eigenvalue weighted by Gasteiger charge is 2.16. The Morgan fingerprint density at radius 2 is 2.14 bits per heavy atom. The summed E-state index contributed by atoms with van der Waals surface area (Å²) >= 11 is 0. The van der Waals surface area contributed by atoms with Crippen molar-refractivity contribution in [3.05, 3.63) is 47.9 Å². The fraction of sp³-hybridized carbons (Fsp3) is 0.312. The number of benzene rings is 1. The molecule has 0 unspecified atom stereocenters. The van der Waals surface area contributed by atoms with Gasteiger partial charge in [0.1, 0.15) is 11.5 Å². The molecule has 0 aliphatic heterocycles. The average molecular weight is 288 g/mol. The number of nitrogens with zero attached hydrogens (tertiary/aromatic N) is 1. The minimum absolute atomic E-state index is 0.0800. The van der Waals surface area contributed by atoms with Gasteiger partial charge in [0.15, 0.2) is 0 Å². The van der Waals surface area contributed by atoms with Crippen LogP contribution < -0.4 is 10.5 Å². The zero-order valence-corrected chi connectivity index (χ0v) is 12.3. The maximum Gasteiger partial charge on any atom is 0.254 e. The standard InChI is InChI=1S/C16H20N2O3/c1-3-18(11-13-6-5-9-21-13)16(19)12-7-8-15(20-4-2)14(17)10-12/h5-10H,3-4,11,17H2,1-2H3. The smallest absolute Gasteiger partial charge is 0.254 e. The second-order valence-electron chi connectivity index (χ2n) is 4.58. The molecule has 0 aliphatic carbocycles. The van der Waals surface area contributed by atoms with Gasteiger partial charge in [-0.2, -0.15) is 0 Å². The van der Waals surface area contributed by atoms with Crippen LogP contribution in [0.25, 0.3) is 0 Å². The molecule has 0 spiro atoms. The van der Waals surface area contributed by atoms with Crippen LogP contribution in [0.5, 0.6) is 5.75 Å². The maximum atomic E-state index is 12.5. The summed E-state index contributed by atoms with van der Waals surface area (Å²) in [4.78, 5) is 14.2. The third-order valence-corrected chi connectivity index (χ3v) is 3.15. The Morgan fingerprint density at radius 1 is 1.33 bits per heavy atom. The van der Waals surface area contributed by atoms with Gasteiger partial charge in [-0.05, 0) is 44.2 Å². The number of ether oxygens (including phenoxy) is 1. The number of anilines is 1. The predicted octanol–water partition coefficient (Wildman–Crippen LogP) is 2.92. The number of carbonyl (C=O) groups is 1. The van der Waals surface area contributed by atoms with Crippen LogP contribution in [0.15, 0.2) is 41.0 Å². The molecule has 2 N–H and O–H groups in total. The first-order valence-corrected chi connectivity index (χ1v) is 6.99. The summed E-state index contributed by atoms with van der Waals surface area (Å²) in [5, 5.41) is 0. The van der Waals surface area contributed by atoms with Crippen molar-refractivity contribution < 1.29 is 13.9 Å². The van der Waals surface area contributed by atoms with E-state index in [4.69, 9.17) is 14.9 Å². The largest absolute Gasteiger partial charge is 0.492 e. The lowest BCUT2D eigenvalue weighted by Gasteiger charge is -2.20. The second kappa shape index (κ2) is 6.83. The van der Waals surface area contributed by atoms with Crippen molar-refractivity contribution >= 4 is 11.6 Å². The van der Waals surface area contributed by atoms with Gasteiger partial charge in [-0.15, -0.1) is 0 Å². The lowest BCUT2D eigenvalue weighted by molar-refractivity contribution is 0.0741. The normalized spacial score (nSPS) is 10.4. The van der Waals surface area contributed by atoms with Crippen LogP contribution in [0.3, 0.4) is 0 Å². The summed E-state index contributed by atoms with van der Waals surface area (Å²) in [7, 11) is 0. The molecule has 1 heterocycles. The number of nitrogen functional groups attached to an aromatic ring is 1. The SMILES string of the molecule is CCOc1ccc(C(=O)N(CC)Cc2ccco2)cc1N. The number of hydrogen-bond donors (Lipinski definition) is 1. The predicted molar refractivity (Wildman–Crippen MR) is 81.1 cm³/mol. The Morgan fingerprint density at radius 3 is 2.71 bits per heavy atom. The second-order valence-corrected chi connectivity index (χ2v) is 4.58. The van der Waals surface area contributed by atoms with Gasteiger partial charge in [0.2, 0.25) is 0 Å². The van der Waals surface area contributed by atoms with E-state index < -0.39 is 0 Å². The van der Waals surface area contributed by atoms with E-state index in [0.29, 0.717) is 36.7 Å². The van der Waals surface area contributed by atoms with Crippen molar-refractivity contribution in [1.29, 1.82) is 0 Å². The van der Waals surface area contributed by atoms with Gasteiger partial charge >= 0.3 is 0 Å². The van der Waals surface area contributed by atoms with E-state index in [1.54, 1.807) is 29.4 Å². The van der Waals surface area contributed by atoms with Crippen LogP contribution in [-0.2, 0) is 6.54 Å². The number of amides is 1. The molecular weight excluding hydrogens is 268 g/mol. The van der Waals surface area contributed by atoms with Crippen LogP contribution >= 0.6 is 0 Å². The van der Waals surface area contributed by atoms with Gasteiger partial charge in [0.05, 0.1) is 25.1 Å². The van der Waals surface area contributed by atoms with E-state index in [-0.39, 0.29) is 5.91 Å². The molecule has 21 heavy (non-hydrogen) atoms. The molecule has 112 valence electrons. The quantitative estimate of drug-likeness (QED) is 0.830. The molecule has 0 atom stereocenters. The molecule has 2 aromatic rings. The summed E-state index contributed by atoms with van der Waals surface area (Å²) in [6.45, 7) is 5.39. The van der Waals surface area contributed by atoms with Crippen LogP contribution in [0.2, 0.25) is 0 Å². The monoisotopic (exact) mass is 288 g/mol. The van der Waals surface area contributed by atoms with Gasteiger partial charge in [-0.1, -0.05) is 0 Å². The Labute approximate surface area is 124 Å². The molecule has 0 saturated heterocycles. The number of rotatable bonds is 6. The Hall–Kier alpha value is -2.43. The lowest BCUT2D eigenvalue weighted by Crippen LogP contribution is -2.30. The zero-order valence-electron chi connectivity index (χ0n) is 12.3. The topological polar surface area (TPSA) is 68.7 Å². The molecule has 2 rings (SSSR count). The first kappa shape index (κ1) is 15.0. The maximum absolute atomic E-state index is 12.5. The number of hydrogen-bond acceptors (Lipinski definition) is 4. The molecule has 0 saturated carbocycles. The van der Waals surface area contributed by atoms with Crippen LogP contribution in [0.4, 0.5) is 5.69 Å². The van der Waals surface area contributed by atoms with E-state index in [2.05, 4.69) is 0 Å². The first-order valence-electron chi connectivity index (χ1n) is 6.99. The van der Waals surface area contributed by atoms with Crippen molar-refractivity contribution in [3.63, 3.8) is 0 Å². The molecular formula is C16H20N2O3. The first-order chi connectivity index (χ1) is 10.2. The van der Waals surface area contributed by atoms with Crippen LogP contribution in [0, 0.1) is 0 Å². The van der Waals surface area contributed by atoms with E-state index in [0.717, 1.165) is 5.76 Å². The molecule has 1 aromatic heterocycles. The van der Waals surface area contributed by atoms with Crippen molar-refractivity contribution in [1.82, 2.24) is 4.90 Å². The third kappa shape index (κ3) is 3.56. The molecule has 5 nitrogen and oxygen atoms in total. The zero-order chi connectivity index (χ0) is 15.2. The number of nitrogens with two attached hydrogens (primary N) is 1. The highest BCUT2D eigenvalue weighted by atomic mass is 16.5. The van der Waals surface area contributed by atoms with E-state index >= 15 is 0 Å². The van der Waals surface area contributed by atoms with Crippen LogP contribution in [-0.4, -0.2) is 24.0 Å². The lowest BCUT2D eigenvalue weighted by atomic mass is 10.1. The molecule has 1 aromatic carbocycles. The van der Waals surface area contributed by atoms with E-state index in [1.807, 2.05) is 26.0 Å². The van der Waals surface area contributed by atoms with Gasteiger partial charge < -0.3 is 19.8 Å². The summed E-state index contributed by atoms with van der Waals surface area (Å²) in [5.74, 6) is 1.27. The van der Waals surface area contributed by atoms with Gasteiger partial charge in [0, 0.05) is 12.1 Å². The minimum atomic E-state index is -0.0800. The summed E-state index contributed by atoms with van der Waals surface area (Å²) in [6.07, 6.45) is 1.60. The van der Waals surface area contributed by atoms with E-state index in [9.17, 15) is 4.79 Å². The van der Waals surface area contributed by atoms with Crippen LogP contribution in [0.1, 0.15) is 30.0 Å².